The summed E-state index contributed by atoms with van der Waals surface area (Å²) in [5, 5.41) is 2.92. The van der Waals surface area contributed by atoms with Gasteiger partial charge in [-0.2, -0.15) is 0 Å². The Kier molecular flexibility index (Phi) is 7.90. The molecule has 35 heavy (non-hydrogen) atoms. The fourth-order valence-electron chi connectivity index (χ4n) is 3.49. The quantitative estimate of drug-likeness (QED) is 0.277. The molecule has 0 spiro atoms. The maximum absolute atomic E-state index is 12.7. The lowest BCUT2D eigenvalue weighted by Gasteiger charge is -2.22. The number of rotatable bonds is 9. The molecule has 4 aromatic carbocycles. The molecule has 0 aliphatic heterocycles. The summed E-state index contributed by atoms with van der Waals surface area (Å²) in [5.74, 6) is 0.638. The number of sulfonamides is 1. The zero-order valence-corrected chi connectivity index (χ0v) is 20.9. The van der Waals surface area contributed by atoms with E-state index in [0.29, 0.717) is 11.3 Å². The van der Waals surface area contributed by atoms with Crippen molar-refractivity contribution >= 4 is 39.1 Å². The second kappa shape index (κ2) is 11.3. The fourth-order valence-corrected chi connectivity index (χ4v) is 5.26. The smallest absolute Gasteiger partial charge is 0.255 e. The van der Waals surface area contributed by atoms with Gasteiger partial charge in [-0.15, -0.1) is 11.8 Å². The third kappa shape index (κ3) is 6.97. The standard InChI is InChI=1S/C28H26N2O3S2/c1-35(32,33)30(26-8-4-2-5-9-26)20-22-12-16-24(17-13-22)28(31)29-25-18-14-23(15-19-25)21-34-27-10-6-3-7-11-27/h2-19H,20-21H2,1H3,(H,29,31). The van der Waals surface area contributed by atoms with E-state index in [2.05, 4.69) is 17.4 Å². The lowest BCUT2D eigenvalue weighted by Crippen LogP contribution is -2.29. The topological polar surface area (TPSA) is 66.5 Å². The molecule has 1 amide bonds. The summed E-state index contributed by atoms with van der Waals surface area (Å²) >= 11 is 1.77. The van der Waals surface area contributed by atoms with Crippen LogP contribution in [-0.4, -0.2) is 20.6 Å². The van der Waals surface area contributed by atoms with Crippen LogP contribution in [0.25, 0.3) is 0 Å². The van der Waals surface area contributed by atoms with E-state index in [9.17, 15) is 13.2 Å². The first kappa shape index (κ1) is 24.6. The Balaban J connectivity index is 1.36. The summed E-state index contributed by atoms with van der Waals surface area (Å²) in [6.45, 7) is 0.188. The highest BCUT2D eigenvalue weighted by molar-refractivity contribution is 7.98. The molecule has 0 heterocycles. The van der Waals surface area contributed by atoms with Crippen LogP contribution in [0.5, 0.6) is 0 Å². The van der Waals surface area contributed by atoms with Gasteiger partial charge in [0.2, 0.25) is 10.0 Å². The van der Waals surface area contributed by atoms with E-state index in [1.54, 1.807) is 60.3 Å². The molecular weight excluding hydrogens is 476 g/mol. The summed E-state index contributed by atoms with van der Waals surface area (Å²) in [7, 11) is -3.45. The number of nitrogens with zero attached hydrogens (tertiary/aromatic N) is 1. The van der Waals surface area contributed by atoms with Gasteiger partial charge < -0.3 is 5.32 Å². The van der Waals surface area contributed by atoms with Gasteiger partial charge in [-0.25, -0.2) is 8.42 Å². The Morgan fingerprint density at radius 2 is 1.34 bits per heavy atom. The maximum Gasteiger partial charge on any atom is 0.255 e. The largest absolute Gasteiger partial charge is 0.322 e. The van der Waals surface area contributed by atoms with Crippen LogP contribution in [0.1, 0.15) is 21.5 Å². The SMILES string of the molecule is CS(=O)(=O)N(Cc1ccc(C(=O)Nc2ccc(CSc3ccccc3)cc2)cc1)c1ccccc1. The zero-order chi connectivity index (χ0) is 24.7. The second-order valence-electron chi connectivity index (χ2n) is 8.05. The van der Waals surface area contributed by atoms with E-state index in [1.807, 2.05) is 48.5 Å². The van der Waals surface area contributed by atoms with E-state index in [4.69, 9.17) is 0 Å². The highest BCUT2D eigenvalue weighted by Crippen LogP contribution is 2.24. The van der Waals surface area contributed by atoms with Crippen molar-refractivity contribution in [3.05, 3.63) is 126 Å². The second-order valence-corrected chi connectivity index (χ2v) is 11.0. The molecule has 1 N–H and O–H groups in total. The predicted octanol–water partition coefficient (Wildman–Crippen LogP) is 6.20. The molecule has 178 valence electrons. The average molecular weight is 503 g/mol. The first-order valence-corrected chi connectivity index (χ1v) is 13.9. The van der Waals surface area contributed by atoms with Gasteiger partial charge in [-0.3, -0.25) is 9.10 Å². The summed E-state index contributed by atoms with van der Waals surface area (Å²) in [6.07, 6.45) is 1.19. The molecule has 0 aliphatic rings. The lowest BCUT2D eigenvalue weighted by atomic mass is 10.1. The van der Waals surface area contributed by atoms with Crippen LogP contribution in [-0.2, 0) is 22.3 Å². The minimum atomic E-state index is -3.45. The fraction of sp³-hybridized carbons (Fsp3) is 0.107. The van der Waals surface area contributed by atoms with E-state index in [-0.39, 0.29) is 12.5 Å². The number of benzene rings is 4. The Morgan fingerprint density at radius 1 is 0.771 bits per heavy atom. The Hall–Kier alpha value is -3.55. The monoisotopic (exact) mass is 502 g/mol. The van der Waals surface area contributed by atoms with Crippen LogP contribution < -0.4 is 9.62 Å². The van der Waals surface area contributed by atoms with Crippen LogP contribution >= 0.6 is 11.8 Å². The van der Waals surface area contributed by atoms with Gasteiger partial charge in [0.05, 0.1) is 18.5 Å². The summed E-state index contributed by atoms with van der Waals surface area (Å²) in [4.78, 5) is 13.9. The van der Waals surface area contributed by atoms with Gasteiger partial charge >= 0.3 is 0 Å². The zero-order valence-electron chi connectivity index (χ0n) is 19.3. The van der Waals surface area contributed by atoms with Crippen molar-refractivity contribution in [2.45, 2.75) is 17.2 Å². The molecule has 4 aromatic rings. The molecular formula is C28H26N2O3S2. The molecule has 7 heteroatoms. The van der Waals surface area contributed by atoms with Crippen molar-refractivity contribution in [2.75, 3.05) is 15.9 Å². The number of carbonyl (C=O) groups is 1. The van der Waals surface area contributed by atoms with Crippen molar-refractivity contribution in [1.82, 2.24) is 0 Å². The van der Waals surface area contributed by atoms with E-state index in [1.165, 1.54) is 21.0 Å². The van der Waals surface area contributed by atoms with Crippen molar-refractivity contribution in [1.29, 1.82) is 0 Å². The number of hydrogen-bond donors (Lipinski definition) is 1. The summed E-state index contributed by atoms with van der Waals surface area (Å²) in [5.41, 5.74) is 3.79. The maximum atomic E-state index is 12.7. The number of nitrogens with one attached hydrogen (secondary N) is 1. The van der Waals surface area contributed by atoms with E-state index in [0.717, 1.165) is 17.0 Å². The van der Waals surface area contributed by atoms with Crippen LogP contribution in [0.15, 0.2) is 114 Å². The third-order valence-electron chi connectivity index (χ3n) is 5.35. The van der Waals surface area contributed by atoms with E-state index < -0.39 is 10.0 Å². The van der Waals surface area contributed by atoms with Crippen LogP contribution in [0, 0.1) is 0 Å². The Morgan fingerprint density at radius 3 is 1.94 bits per heavy atom. The predicted molar refractivity (Wildman–Crippen MR) is 144 cm³/mol. The van der Waals surface area contributed by atoms with Gasteiger partial charge in [0.15, 0.2) is 0 Å². The number of carbonyl (C=O) groups excluding carboxylic acids is 1. The Labute approximate surface area is 210 Å². The molecule has 0 saturated heterocycles. The van der Waals surface area contributed by atoms with Crippen LogP contribution in [0.4, 0.5) is 11.4 Å². The highest BCUT2D eigenvalue weighted by Gasteiger charge is 2.18. The van der Waals surface area contributed by atoms with E-state index >= 15 is 0 Å². The molecule has 0 fully saturated rings. The van der Waals surface area contributed by atoms with Gasteiger partial charge in [0.25, 0.3) is 5.91 Å². The van der Waals surface area contributed by atoms with Crippen molar-refractivity contribution in [3.63, 3.8) is 0 Å². The van der Waals surface area contributed by atoms with Crippen molar-refractivity contribution in [3.8, 4) is 0 Å². The van der Waals surface area contributed by atoms with Gasteiger partial charge in [0.1, 0.15) is 0 Å². The van der Waals surface area contributed by atoms with Crippen molar-refractivity contribution in [2.24, 2.45) is 0 Å². The molecule has 5 nitrogen and oxygen atoms in total. The minimum absolute atomic E-state index is 0.188. The molecule has 0 aliphatic carbocycles. The van der Waals surface area contributed by atoms with Gasteiger partial charge in [-0.1, -0.05) is 60.7 Å². The third-order valence-corrected chi connectivity index (χ3v) is 7.57. The van der Waals surface area contributed by atoms with Gasteiger partial charge in [-0.05, 0) is 59.7 Å². The molecule has 0 radical (unpaired) electrons. The molecule has 0 aromatic heterocycles. The number of para-hydroxylation sites is 1. The number of amides is 1. The van der Waals surface area contributed by atoms with Crippen molar-refractivity contribution < 1.29 is 13.2 Å². The highest BCUT2D eigenvalue weighted by atomic mass is 32.2. The van der Waals surface area contributed by atoms with Crippen LogP contribution in [0.3, 0.4) is 0 Å². The molecule has 0 saturated carbocycles. The number of hydrogen-bond acceptors (Lipinski definition) is 4. The van der Waals surface area contributed by atoms with Crippen LogP contribution in [0.2, 0.25) is 0 Å². The first-order valence-electron chi connectivity index (χ1n) is 11.1. The average Bonchev–Trinajstić information content (AvgIpc) is 2.87. The molecule has 4 rings (SSSR count). The normalized spacial score (nSPS) is 11.1. The Bertz CT molecular complexity index is 1360. The minimum Gasteiger partial charge on any atom is -0.322 e. The molecule has 0 unspecified atom stereocenters. The number of thioether (sulfide) groups is 1. The summed E-state index contributed by atoms with van der Waals surface area (Å²) < 4.78 is 26.0. The lowest BCUT2D eigenvalue weighted by molar-refractivity contribution is 0.102. The molecule has 0 atom stereocenters. The first-order chi connectivity index (χ1) is 16.9. The van der Waals surface area contributed by atoms with Gasteiger partial charge in [0, 0.05) is 21.9 Å². The number of anilines is 2. The summed E-state index contributed by atoms with van der Waals surface area (Å²) in [6, 6.07) is 34.0. The molecule has 0 bridgehead atoms.